The summed E-state index contributed by atoms with van der Waals surface area (Å²) >= 11 is 0. The number of carboxylic acids is 1. The van der Waals surface area contributed by atoms with Crippen molar-refractivity contribution in [2.24, 2.45) is 0 Å². The molecule has 2 heterocycles. The molecule has 1 aromatic heterocycles. The van der Waals surface area contributed by atoms with Crippen LogP contribution in [0.5, 0.6) is 0 Å². The molecule has 11 heteroatoms. The molecule has 1 aromatic rings. The Balaban J connectivity index is 2.38. The number of aliphatic hydroxyl groups is 4. The number of rotatable bonds is 5. The third kappa shape index (κ3) is 3.33. The van der Waals surface area contributed by atoms with Gasteiger partial charge in [-0.1, -0.05) is 0 Å². The Kier molecular flexibility index (Phi) is 4.97. The zero-order valence-electron chi connectivity index (χ0n) is 11.6. The van der Waals surface area contributed by atoms with Gasteiger partial charge in [-0.05, 0) is 0 Å². The summed E-state index contributed by atoms with van der Waals surface area (Å²) in [5, 5.41) is 46.5. The van der Waals surface area contributed by atoms with Crippen molar-refractivity contribution < 1.29 is 35.1 Å². The van der Waals surface area contributed by atoms with E-state index in [9.17, 15) is 29.7 Å². The lowest BCUT2D eigenvalue weighted by Gasteiger charge is -2.18. The molecule has 2 rings (SSSR count). The first-order chi connectivity index (χ1) is 10.8. The van der Waals surface area contributed by atoms with E-state index in [-0.39, 0.29) is 5.56 Å². The number of ether oxygens (including phenoxy) is 1. The molecule has 1 fully saturated rings. The summed E-state index contributed by atoms with van der Waals surface area (Å²) < 4.78 is 5.88. The van der Waals surface area contributed by atoms with Gasteiger partial charge in [0.1, 0.15) is 18.3 Å². The Morgan fingerprint density at radius 3 is 2.57 bits per heavy atom. The molecule has 5 atom stereocenters. The molecule has 11 nitrogen and oxygen atoms in total. The highest BCUT2D eigenvalue weighted by molar-refractivity contribution is 5.74. The first-order valence-corrected chi connectivity index (χ1v) is 6.50. The normalized spacial score (nSPS) is 28.7. The van der Waals surface area contributed by atoms with Gasteiger partial charge < -0.3 is 30.3 Å². The van der Waals surface area contributed by atoms with Gasteiger partial charge in [-0.2, -0.15) is 0 Å². The Morgan fingerprint density at radius 1 is 1.39 bits per heavy atom. The van der Waals surface area contributed by atoms with E-state index in [0.717, 1.165) is 10.8 Å². The number of aromatic nitrogens is 2. The maximum Gasteiger partial charge on any atom is 0.333 e. The predicted molar refractivity (Wildman–Crippen MR) is 71.4 cm³/mol. The fourth-order valence-corrected chi connectivity index (χ4v) is 2.16. The first-order valence-electron chi connectivity index (χ1n) is 6.50. The number of nitrogens with one attached hydrogen (secondary N) is 1. The fraction of sp³-hybridized carbons (Fsp3) is 0.500. The highest BCUT2D eigenvalue weighted by atomic mass is 16.6. The fourth-order valence-electron chi connectivity index (χ4n) is 2.16. The summed E-state index contributed by atoms with van der Waals surface area (Å²) in [4.78, 5) is 36.0. The second kappa shape index (κ2) is 6.60. The zero-order chi connectivity index (χ0) is 17.3. The van der Waals surface area contributed by atoms with Gasteiger partial charge in [-0.25, -0.2) is 9.59 Å². The van der Waals surface area contributed by atoms with Gasteiger partial charge >= 0.3 is 11.7 Å². The van der Waals surface area contributed by atoms with Crippen LogP contribution in [-0.4, -0.2) is 72.1 Å². The van der Waals surface area contributed by atoms with Crippen molar-refractivity contribution in [2.75, 3.05) is 6.61 Å². The predicted octanol–water partition coefficient (Wildman–Crippen LogP) is -3.85. The zero-order valence-corrected chi connectivity index (χ0v) is 11.6. The average Bonchev–Trinajstić information content (AvgIpc) is 2.77. The molecule has 6 N–H and O–H groups in total. The first kappa shape index (κ1) is 17.3. The summed E-state index contributed by atoms with van der Waals surface area (Å²) in [5.41, 5.74) is -2.28. The SMILES string of the molecule is O=C(O)C(O)[CH]c1cn([C@@H]2O[C@H](CO)[C@@H](O)[C@H]2O)c(=O)[nH]c1=O. The van der Waals surface area contributed by atoms with Crippen LogP contribution in [0.3, 0.4) is 0 Å². The molecule has 0 aromatic carbocycles. The molecule has 1 radical (unpaired) electrons. The third-order valence-corrected chi connectivity index (χ3v) is 3.38. The van der Waals surface area contributed by atoms with Crippen molar-refractivity contribution in [2.45, 2.75) is 30.6 Å². The van der Waals surface area contributed by atoms with Crippen LogP contribution in [0.25, 0.3) is 0 Å². The Bertz CT molecular complexity index is 697. The van der Waals surface area contributed by atoms with Crippen LogP contribution in [0.1, 0.15) is 11.8 Å². The quantitative estimate of drug-likeness (QED) is 0.314. The lowest BCUT2D eigenvalue weighted by Crippen LogP contribution is -2.39. The standard InChI is InChI=1S/C12H15N2O9/c15-3-6-7(17)8(18)10(23-6)14-2-4(1-5(16)11(20)21)9(19)13-12(14)22/h1-2,5-8,10,15-18H,3H2,(H,20,21)(H,13,19,22)/t5?,6-,7-,8-,10-/m1/s1. The molecule has 23 heavy (non-hydrogen) atoms. The number of hydrogen-bond acceptors (Lipinski definition) is 8. The molecule has 0 aliphatic carbocycles. The maximum atomic E-state index is 11.8. The lowest BCUT2D eigenvalue weighted by atomic mass is 10.1. The number of aromatic amines is 1. The number of aliphatic carboxylic acids is 1. The second-order valence-electron chi connectivity index (χ2n) is 4.93. The minimum Gasteiger partial charge on any atom is -0.479 e. The molecule has 0 saturated carbocycles. The molecule has 1 aliphatic rings. The van der Waals surface area contributed by atoms with Crippen molar-refractivity contribution in [1.29, 1.82) is 0 Å². The topological polar surface area (TPSA) is 182 Å². The molecule has 0 amide bonds. The van der Waals surface area contributed by atoms with Gasteiger partial charge in [0.15, 0.2) is 12.3 Å². The van der Waals surface area contributed by atoms with Gasteiger partial charge in [0.05, 0.1) is 6.61 Å². The van der Waals surface area contributed by atoms with Gasteiger partial charge in [0.2, 0.25) is 0 Å². The molecule has 1 unspecified atom stereocenters. The lowest BCUT2D eigenvalue weighted by molar-refractivity contribution is -0.144. The van der Waals surface area contributed by atoms with Crippen LogP contribution in [0.4, 0.5) is 0 Å². The minimum absolute atomic E-state index is 0.350. The van der Waals surface area contributed by atoms with Gasteiger partial charge in [0.25, 0.3) is 5.56 Å². The summed E-state index contributed by atoms with van der Waals surface area (Å²) in [7, 11) is 0. The Hall–Kier alpha value is -2.05. The van der Waals surface area contributed by atoms with E-state index in [1.807, 2.05) is 4.98 Å². The van der Waals surface area contributed by atoms with Crippen LogP contribution in [0.15, 0.2) is 15.8 Å². The number of H-pyrrole nitrogens is 1. The molecule has 0 bridgehead atoms. The summed E-state index contributed by atoms with van der Waals surface area (Å²) in [5.74, 6) is -1.60. The molecule has 127 valence electrons. The van der Waals surface area contributed by atoms with Crippen molar-refractivity contribution in [3.63, 3.8) is 0 Å². The van der Waals surface area contributed by atoms with Gasteiger partial charge in [0, 0.05) is 18.2 Å². The van der Waals surface area contributed by atoms with Crippen LogP contribution in [-0.2, 0) is 9.53 Å². The van der Waals surface area contributed by atoms with E-state index in [0.29, 0.717) is 6.42 Å². The maximum absolute atomic E-state index is 11.8. The molecule has 1 saturated heterocycles. The Morgan fingerprint density at radius 2 is 2.04 bits per heavy atom. The van der Waals surface area contributed by atoms with E-state index in [2.05, 4.69) is 0 Å². The smallest absolute Gasteiger partial charge is 0.333 e. The monoisotopic (exact) mass is 331 g/mol. The average molecular weight is 331 g/mol. The number of nitrogens with zero attached hydrogens (tertiary/aromatic N) is 1. The molecular weight excluding hydrogens is 316 g/mol. The van der Waals surface area contributed by atoms with E-state index >= 15 is 0 Å². The summed E-state index contributed by atoms with van der Waals surface area (Å²) in [6.07, 6.45) is -5.96. The van der Waals surface area contributed by atoms with Crippen molar-refractivity contribution in [3.05, 3.63) is 39.0 Å². The van der Waals surface area contributed by atoms with Crippen molar-refractivity contribution in [3.8, 4) is 0 Å². The van der Waals surface area contributed by atoms with E-state index < -0.39 is 54.5 Å². The second-order valence-corrected chi connectivity index (χ2v) is 4.93. The van der Waals surface area contributed by atoms with Crippen LogP contribution < -0.4 is 11.2 Å². The highest BCUT2D eigenvalue weighted by Gasteiger charge is 2.43. The summed E-state index contributed by atoms with van der Waals surface area (Å²) in [6, 6.07) is 0. The minimum atomic E-state index is -1.98. The molecular formula is C12H15N2O9. The van der Waals surface area contributed by atoms with E-state index in [4.69, 9.17) is 14.9 Å². The largest absolute Gasteiger partial charge is 0.479 e. The van der Waals surface area contributed by atoms with E-state index in [1.165, 1.54) is 0 Å². The number of hydrogen-bond donors (Lipinski definition) is 6. The summed E-state index contributed by atoms with van der Waals surface area (Å²) in [6.45, 7) is -0.608. The third-order valence-electron chi connectivity index (χ3n) is 3.38. The Labute approximate surface area is 128 Å². The van der Waals surface area contributed by atoms with Crippen LogP contribution in [0.2, 0.25) is 0 Å². The molecule has 0 spiro atoms. The number of carboxylic acid groups (broad SMARTS) is 1. The van der Waals surface area contributed by atoms with Gasteiger partial charge in [-0.15, -0.1) is 0 Å². The number of aliphatic hydroxyl groups excluding tert-OH is 4. The molecule has 1 aliphatic heterocycles. The van der Waals surface area contributed by atoms with Gasteiger partial charge in [-0.3, -0.25) is 14.3 Å². The van der Waals surface area contributed by atoms with Crippen LogP contribution in [0, 0.1) is 6.42 Å². The van der Waals surface area contributed by atoms with Crippen LogP contribution >= 0.6 is 0 Å². The van der Waals surface area contributed by atoms with E-state index in [1.54, 1.807) is 0 Å². The number of carbonyl (C=O) groups is 1. The van der Waals surface area contributed by atoms with Crippen molar-refractivity contribution in [1.82, 2.24) is 9.55 Å². The van der Waals surface area contributed by atoms with Crippen molar-refractivity contribution >= 4 is 5.97 Å². The highest BCUT2D eigenvalue weighted by Crippen LogP contribution is 2.28.